The lowest BCUT2D eigenvalue weighted by atomic mass is 10.0. The van der Waals surface area contributed by atoms with Gasteiger partial charge >= 0.3 is 6.03 Å². The number of rotatable bonds is 2. The Hall–Kier alpha value is -2.95. The Morgan fingerprint density at radius 2 is 2.00 bits per heavy atom. The number of fused-ring (bicyclic) bond motifs is 1. The summed E-state index contributed by atoms with van der Waals surface area (Å²) in [4.78, 5) is 20.8. The third-order valence-electron chi connectivity index (χ3n) is 2.95. The van der Waals surface area contributed by atoms with E-state index in [0.29, 0.717) is 11.4 Å². The second-order valence-corrected chi connectivity index (χ2v) is 4.27. The molecule has 0 spiro atoms. The SMILES string of the molecule is NC(=O)Nc1ccccc1-c1ccc2c(c1)C=COO2. The summed E-state index contributed by atoms with van der Waals surface area (Å²) in [7, 11) is 0. The highest BCUT2D eigenvalue weighted by Gasteiger charge is 2.11. The average molecular weight is 268 g/mol. The van der Waals surface area contributed by atoms with Gasteiger partial charge in [0.2, 0.25) is 0 Å². The Kier molecular flexibility index (Phi) is 3.01. The number of carbonyl (C=O) groups is 1. The molecular formula is C15H12N2O3. The second-order valence-electron chi connectivity index (χ2n) is 4.27. The molecule has 0 radical (unpaired) electrons. The summed E-state index contributed by atoms with van der Waals surface area (Å²) in [5, 5.41) is 2.62. The van der Waals surface area contributed by atoms with E-state index in [4.69, 9.17) is 15.5 Å². The topological polar surface area (TPSA) is 73.6 Å². The Morgan fingerprint density at radius 1 is 1.15 bits per heavy atom. The van der Waals surface area contributed by atoms with Crippen molar-refractivity contribution in [3.05, 3.63) is 54.3 Å². The molecule has 3 rings (SSSR count). The molecule has 2 aromatic carbocycles. The van der Waals surface area contributed by atoms with Gasteiger partial charge in [-0.05, 0) is 29.8 Å². The van der Waals surface area contributed by atoms with Crippen molar-refractivity contribution in [3.63, 3.8) is 0 Å². The van der Waals surface area contributed by atoms with Crippen LogP contribution in [0.3, 0.4) is 0 Å². The first-order valence-electron chi connectivity index (χ1n) is 6.04. The summed E-state index contributed by atoms with van der Waals surface area (Å²) >= 11 is 0. The van der Waals surface area contributed by atoms with Crippen molar-refractivity contribution >= 4 is 17.8 Å². The normalized spacial score (nSPS) is 12.0. The minimum Gasteiger partial charge on any atom is -0.351 e. The zero-order valence-corrected chi connectivity index (χ0v) is 10.5. The molecule has 2 aromatic rings. The molecule has 0 bridgehead atoms. The summed E-state index contributed by atoms with van der Waals surface area (Å²) in [5.74, 6) is 0.650. The number of amides is 2. The van der Waals surface area contributed by atoms with E-state index in [-0.39, 0.29) is 0 Å². The van der Waals surface area contributed by atoms with Crippen molar-refractivity contribution in [1.82, 2.24) is 0 Å². The average Bonchev–Trinajstić information content (AvgIpc) is 2.47. The number of para-hydroxylation sites is 1. The molecule has 0 aromatic heterocycles. The summed E-state index contributed by atoms with van der Waals surface area (Å²) in [5.41, 5.74) is 8.58. The Morgan fingerprint density at radius 3 is 2.85 bits per heavy atom. The van der Waals surface area contributed by atoms with Crippen LogP contribution in [0.25, 0.3) is 17.2 Å². The van der Waals surface area contributed by atoms with E-state index in [1.165, 1.54) is 6.26 Å². The number of hydrogen-bond donors (Lipinski definition) is 2. The molecule has 0 fully saturated rings. The van der Waals surface area contributed by atoms with Gasteiger partial charge in [0.05, 0.1) is 5.69 Å². The first-order valence-corrected chi connectivity index (χ1v) is 6.04. The van der Waals surface area contributed by atoms with Crippen LogP contribution in [0.2, 0.25) is 0 Å². The molecular weight excluding hydrogens is 256 g/mol. The maximum atomic E-state index is 11.0. The Labute approximate surface area is 115 Å². The van der Waals surface area contributed by atoms with Crippen LogP contribution in [-0.4, -0.2) is 6.03 Å². The van der Waals surface area contributed by atoms with Crippen molar-refractivity contribution in [2.75, 3.05) is 5.32 Å². The fourth-order valence-corrected chi connectivity index (χ4v) is 2.08. The summed E-state index contributed by atoms with van der Waals surface area (Å²) in [6.07, 6.45) is 3.28. The number of benzene rings is 2. The number of nitrogens with two attached hydrogens (primary N) is 1. The van der Waals surface area contributed by atoms with Gasteiger partial charge in [-0.3, -0.25) is 9.78 Å². The zero-order chi connectivity index (χ0) is 13.9. The fraction of sp³-hybridized carbons (Fsp3) is 0. The Balaban J connectivity index is 2.05. The van der Waals surface area contributed by atoms with Gasteiger partial charge in [0, 0.05) is 11.1 Å². The van der Waals surface area contributed by atoms with Crippen molar-refractivity contribution in [1.29, 1.82) is 0 Å². The molecule has 0 atom stereocenters. The minimum atomic E-state index is -0.591. The molecule has 1 heterocycles. The fourth-order valence-electron chi connectivity index (χ4n) is 2.08. The highest BCUT2D eigenvalue weighted by Crippen LogP contribution is 2.33. The van der Waals surface area contributed by atoms with Crippen LogP contribution in [-0.2, 0) is 4.89 Å². The molecule has 1 aliphatic rings. The molecule has 0 saturated carbocycles. The van der Waals surface area contributed by atoms with E-state index in [9.17, 15) is 4.79 Å². The van der Waals surface area contributed by atoms with Gasteiger partial charge in [-0.15, -0.1) is 0 Å². The zero-order valence-electron chi connectivity index (χ0n) is 10.5. The number of primary amides is 1. The van der Waals surface area contributed by atoms with Crippen LogP contribution in [0, 0.1) is 0 Å². The second kappa shape index (κ2) is 4.97. The van der Waals surface area contributed by atoms with Crippen LogP contribution >= 0.6 is 0 Å². The van der Waals surface area contributed by atoms with Crippen LogP contribution in [0.15, 0.2) is 48.7 Å². The molecule has 0 aliphatic carbocycles. The summed E-state index contributed by atoms with van der Waals surface area (Å²) in [6.45, 7) is 0. The molecule has 0 unspecified atom stereocenters. The van der Waals surface area contributed by atoms with Crippen molar-refractivity contribution in [3.8, 4) is 16.9 Å². The number of urea groups is 1. The van der Waals surface area contributed by atoms with Crippen molar-refractivity contribution in [2.24, 2.45) is 5.73 Å². The predicted molar refractivity (Wildman–Crippen MR) is 75.8 cm³/mol. The van der Waals surface area contributed by atoms with E-state index < -0.39 is 6.03 Å². The number of carbonyl (C=O) groups excluding carboxylic acids is 1. The van der Waals surface area contributed by atoms with Gasteiger partial charge in [0.1, 0.15) is 6.26 Å². The monoisotopic (exact) mass is 268 g/mol. The number of anilines is 1. The molecule has 2 amide bonds. The maximum absolute atomic E-state index is 11.0. The van der Waals surface area contributed by atoms with Gasteiger partial charge in [-0.25, -0.2) is 4.79 Å². The van der Waals surface area contributed by atoms with Crippen LogP contribution < -0.4 is 15.9 Å². The highest BCUT2D eigenvalue weighted by atomic mass is 17.2. The van der Waals surface area contributed by atoms with Crippen LogP contribution in [0.4, 0.5) is 10.5 Å². The van der Waals surface area contributed by atoms with E-state index >= 15 is 0 Å². The maximum Gasteiger partial charge on any atom is 0.316 e. The van der Waals surface area contributed by atoms with E-state index in [1.54, 1.807) is 6.07 Å². The van der Waals surface area contributed by atoms with Gasteiger partial charge in [0.15, 0.2) is 5.75 Å². The largest absolute Gasteiger partial charge is 0.351 e. The summed E-state index contributed by atoms with van der Waals surface area (Å²) in [6, 6.07) is 12.5. The predicted octanol–water partition coefficient (Wildman–Crippen LogP) is 3.14. The van der Waals surface area contributed by atoms with E-state index in [0.717, 1.165) is 16.7 Å². The van der Waals surface area contributed by atoms with Gasteiger partial charge < -0.3 is 11.1 Å². The van der Waals surface area contributed by atoms with Gasteiger partial charge in [0.25, 0.3) is 0 Å². The third-order valence-corrected chi connectivity index (χ3v) is 2.95. The van der Waals surface area contributed by atoms with Crippen molar-refractivity contribution in [2.45, 2.75) is 0 Å². The smallest absolute Gasteiger partial charge is 0.316 e. The van der Waals surface area contributed by atoms with Crippen LogP contribution in [0.5, 0.6) is 5.75 Å². The third kappa shape index (κ3) is 2.29. The van der Waals surface area contributed by atoms with E-state index in [1.807, 2.05) is 42.5 Å². The molecule has 20 heavy (non-hydrogen) atoms. The van der Waals surface area contributed by atoms with Gasteiger partial charge in [-0.1, -0.05) is 24.3 Å². The van der Waals surface area contributed by atoms with Gasteiger partial charge in [-0.2, -0.15) is 0 Å². The number of hydrogen-bond acceptors (Lipinski definition) is 3. The lowest BCUT2D eigenvalue weighted by molar-refractivity contribution is -0.151. The summed E-state index contributed by atoms with van der Waals surface area (Å²) < 4.78 is 0. The van der Waals surface area contributed by atoms with Crippen LogP contribution in [0.1, 0.15) is 5.56 Å². The lowest BCUT2D eigenvalue weighted by Gasteiger charge is -2.14. The van der Waals surface area contributed by atoms with Crippen molar-refractivity contribution < 1.29 is 14.6 Å². The lowest BCUT2D eigenvalue weighted by Crippen LogP contribution is -2.19. The molecule has 0 saturated heterocycles. The molecule has 1 aliphatic heterocycles. The quantitative estimate of drug-likeness (QED) is 0.822. The Bertz CT molecular complexity index is 695. The minimum absolute atomic E-state index is 0.591. The molecule has 5 nitrogen and oxygen atoms in total. The number of nitrogens with one attached hydrogen (secondary N) is 1. The molecule has 5 heteroatoms. The first kappa shape index (κ1) is 12.1. The standard InChI is InChI=1S/C15H12N2O3/c16-15(18)17-13-4-2-1-3-12(13)10-5-6-14-11(9-10)7-8-19-20-14/h1-9H,(H3,16,17,18). The first-order chi connectivity index (χ1) is 9.74. The molecule has 100 valence electrons. The molecule has 3 N–H and O–H groups in total. The highest BCUT2D eigenvalue weighted by molar-refractivity contribution is 5.93. The van der Waals surface area contributed by atoms with E-state index in [2.05, 4.69) is 5.32 Å².